The van der Waals surface area contributed by atoms with Gasteiger partial charge in [-0.2, -0.15) is 0 Å². The van der Waals surface area contributed by atoms with Gasteiger partial charge in [-0.05, 0) is 31.8 Å². The normalized spacial score (nSPS) is 27.7. The molecule has 1 aliphatic carbocycles. The molecule has 3 heteroatoms. The minimum Gasteiger partial charge on any atom is -0.450 e. The Labute approximate surface area is 73.5 Å². The highest BCUT2D eigenvalue weighted by molar-refractivity contribution is 5.57. The highest BCUT2D eigenvalue weighted by Crippen LogP contribution is 2.13. The lowest BCUT2D eigenvalue weighted by molar-refractivity contribution is 0.0649. The highest BCUT2D eigenvalue weighted by Gasteiger charge is 2.10. The minimum atomic E-state index is -0.921. The van der Waals surface area contributed by atoms with E-state index in [1.54, 1.807) is 0 Å². The Morgan fingerprint density at radius 2 is 2.50 bits per heavy atom. The quantitative estimate of drug-likeness (QED) is 0.487. The summed E-state index contributed by atoms with van der Waals surface area (Å²) in [5.74, 6) is 0. The predicted molar refractivity (Wildman–Crippen MR) is 45.1 cm³/mol. The van der Waals surface area contributed by atoms with Crippen molar-refractivity contribution in [2.75, 3.05) is 0 Å². The molecular weight excluding hydrogens is 156 g/mol. The lowest BCUT2D eigenvalue weighted by Crippen LogP contribution is -2.14. The van der Waals surface area contributed by atoms with Crippen LogP contribution in [0.2, 0.25) is 0 Å². The van der Waals surface area contributed by atoms with Gasteiger partial charge in [-0.25, -0.2) is 4.79 Å². The first-order chi connectivity index (χ1) is 6.33. The van der Waals surface area contributed by atoms with Crippen molar-refractivity contribution in [1.29, 1.82) is 1.43 Å². The fourth-order valence-electron chi connectivity index (χ4n) is 1.35. The molecule has 0 heterocycles. The van der Waals surface area contributed by atoms with Gasteiger partial charge in [0.1, 0.15) is 6.10 Å². The minimum absolute atomic E-state index is 0.210. The highest BCUT2D eigenvalue weighted by atomic mass is 16.7. The maximum Gasteiger partial charge on any atom is 0.506 e. The fourth-order valence-corrected chi connectivity index (χ4v) is 1.35. The van der Waals surface area contributed by atoms with Gasteiger partial charge in [0.05, 0.1) is 0 Å². The maximum absolute atomic E-state index is 10.6. The number of carbonyl (C=O) groups is 1. The molecule has 0 aromatic heterocycles. The van der Waals surface area contributed by atoms with Crippen LogP contribution >= 0.6 is 0 Å². The SMILES string of the molecule is [2H]OC(=O)OC1/C=C/CCCCC1. The molecule has 1 rings (SSSR count). The standard InChI is InChI=1S/C9H14O3/c10-9(11)12-8-6-4-2-1-3-5-7-8/h4,6,8H,1-3,5,7H2,(H,10,11)/b6-4+/i/hD. The second kappa shape index (κ2) is 4.80. The van der Waals surface area contributed by atoms with E-state index in [1.807, 2.05) is 12.2 Å². The van der Waals surface area contributed by atoms with Crippen LogP contribution in [0.15, 0.2) is 12.2 Å². The molecule has 0 bridgehead atoms. The summed E-state index contributed by atoms with van der Waals surface area (Å²) in [5, 5.41) is 3.68. The van der Waals surface area contributed by atoms with Crippen molar-refractivity contribution in [3.63, 3.8) is 0 Å². The zero-order valence-corrected chi connectivity index (χ0v) is 6.99. The Morgan fingerprint density at radius 3 is 3.33 bits per heavy atom. The smallest absolute Gasteiger partial charge is 0.450 e. The third-order valence-electron chi connectivity index (χ3n) is 1.96. The van der Waals surface area contributed by atoms with E-state index in [4.69, 9.17) is 6.17 Å². The molecule has 0 amide bonds. The van der Waals surface area contributed by atoms with Gasteiger partial charge in [0.25, 0.3) is 0 Å². The van der Waals surface area contributed by atoms with Crippen LogP contribution in [0.25, 0.3) is 1.43 Å². The summed E-state index contributed by atoms with van der Waals surface area (Å²) >= 11 is 0. The molecule has 68 valence electrons. The summed E-state index contributed by atoms with van der Waals surface area (Å²) in [7, 11) is 0. The number of allylic oxidation sites excluding steroid dienone is 1. The number of hydrogen-bond acceptors (Lipinski definition) is 3. The van der Waals surface area contributed by atoms with Crippen molar-refractivity contribution < 1.29 is 14.6 Å². The van der Waals surface area contributed by atoms with Crippen LogP contribution in [0.3, 0.4) is 0 Å². The van der Waals surface area contributed by atoms with E-state index in [0.29, 0.717) is 0 Å². The summed E-state index contributed by atoms with van der Waals surface area (Å²) < 4.78 is 11.2. The molecule has 0 aromatic rings. The van der Waals surface area contributed by atoms with Gasteiger partial charge in [-0.1, -0.05) is 12.5 Å². The zero-order chi connectivity index (χ0) is 9.52. The first-order valence-electron chi connectivity index (χ1n) is 4.74. The zero-order valence-electron chi connectivity index (χ0n) is 7.99. The fraction of sp³-hybridized carbons (Fsp3) is 0.667. The van der Waals surface area contributed by atoms with Crippen LogP contribution in [0.1, 0.15) is 32.1 Å². The van der Waals surface area contributed by atoms with E-state index in [2.05, 4.69) is 5.11 Å². The summed E-state index contributed by atoms with van der Waals surface area (Å²) in [6.07, 6.45) is 8.04. The van der Waals surface area contributed by atoms with Crippen molar-refractivity contribution >= 4 is 6.16 Å². The van der Waals surface area contributed by atoms with Gasteiger partial charge in [0, 0.05) is 0 Å². The largest absolute Gasteiger partial charge is 0.506 e. The van der Waals surface area contributed by atoms with Crippen molar-refractivity contribution in [3.8, 4) is 0 Å². The summed E-state index contributed by atoms with van der Waals surface area (Å²) in [6.45, 7) is 0. The molecule has 12 heavy (non-hydrogen) atoms. The van der Waals surface area contributed by atoms with Gasteiger partial charge in [0.2, 0.25) is 0 Å². The average Bonchev–Trinajstić information content (AvgIpc) is 2.09. The molecular formula is C9H14O3. The van der Waals surface area contributed by atoms with Crippen molar-refractivity contribution in [1.82, 2.24) is 0 Å². The molecule has 1 atom stereocenters. The molecule has 0 radical (unpaired) electrons. The van der Waals surface area contributed by atoms with Crippen molar-refractivity contribution in [2.45, 2.75) is 38.2 Å². The molecule has 3 nitrogen and oxygen atoms in total. The Hall–Kier alpha value is -0.990. The molecule has 0 fully saturated rings. The van der Waals surface area contributed by atoms with Crippen LogP contribution in [-0.2, 0) is 4.74 Å². The van der Waals surface area contributed by atoms with Crippen LogP contribution in [0, 0.1) is 0 Å². The molecule has 0 aromatic carbocycles. The summed E-state index contributed by atoms with van der Waals surface area (Å²) in [5.41, 5.74) is 0. The van der Waals surface area contributed by atoms with Crippen LogP contribution < -0.4 is 0 Å². The first kappa shape index (κ1) is 7.65. The number of hydrogen-bond donors (Lipinski definition) is 1. The van der Waals surface area contributed by atoms with Crippen LogP contribution in [0.4, 0.5) is 4.79 Å². The van der Waals surface area contributed by atoms with Gasteiger partial charge < -0.3 is 9.85 Å². The number of rotatable bonds is 1. The monoisotopic (exact) mass is 171 g/mol. The Bertz CT molecular complexity index is 191. The van der Waals surface area contributed by atoms with Gasteiger partial charge in [0.15, 0.2) is 0 Å². The molecule has 1 N–H and O–H groups in total. The predicted octanol–water partition coefficient (Wildman–Crippen LogP) is 2.57. The van der Waals surface area contributed by atoms with Crippen molar-refractivity contribution in [3.05, 3.63) is 12.2 Å². The third-order valence-corrected chi connectivity index (χ3v) is 1.96. The summed E-state index contributed by atoms with van der Waals surface area (Å²) in [4.78, 5) is 10.6. The maximum atomic E-state index is 10.6. The molecule has 0 spiro atoms. The van der Waals surface area contributed by atoms with E-state index in [-0.39, 0.29) is 6.10 Å². The van der Waals surface area contributed by atoms with E-state index in [9.17, 15) is 4.79 Å². The lowest BCUT2D eigenvalue weighted by Gasteiger charge is -2.13. The molecule has 0 aliphatic heterocycles. The Balaban J connectivity index is 2.37. The number of carboxylic acid groups (broad SMARTS) is 1. The lowest BCUT2D eigenvalue weighted by atomic mass is 10.0. The summed E-state index contributed by atoms with van der Waals surface area (Å²) in [6, 6.07) is 0. The van der Waals surface area contributed by atoms with Gasteiger partial charge in [-0.3, -0.25) is 0 Å². The van der Waals surface area contributed by atoms with E-state index in [1.165, 1.54) is 12.8 Å². The third kappa shape index (κ3) is 3.42. The van der Waals surface area contributed by atoms with Gasteiger partial charge in [-0.15, -0.1) is 0 Å². The average molecular weight is 171 g/mol. The van der Waals surface area contributed by atoms with Crippen LogP contribution in [0.5, 0.6) is 0 Å². The first-order valence-corrected chi connectivity index (χ1v) is 4.33. The number of ether oxygens (including phenoxy) is 1. The Morgan fingerprint density at radius 1 is 1.58 bits per heavy atom. The Kier molecular flexibility index (Phi) is 3.06. The molecule has 1 aliphatic rings. The second-order valence-electron chi connectivity index (χ2n) is 2.97. The molecule has 0 saturated carbocycles. The van der Waals surface area contributed by atoms with Crippen LogP contribution in [-0.4, -0.2) is 17.4 Å². The van der Waals surface area contributed by atoms with Gasteiger partial charge >= 0.3 is 7.59 Å². The topological polar surface area (TPSA) is 46.5 Å². The second-order valence-corrected chi connectivity index (χ2v) is 2.97. The van der Waals surface area contributed by atoms with Crippen molar-refractivity contribution in [2.24, 2.45) is 0 Å². The molecule has 1 unspecified atom stereocenters. The van der Waals surface area contributed by atoms with E-state index < -0.39 is 6.16 Å². The van der Waals surface area contributed by atoms with E-state index >= 15 is 0 Å². The van der Waals surface area contributed by atoms with E-state index in [0.717, 1.165) is 19.3 Å². The molecule has 0 saturated heterocycles.